The Morgan fingerprint density at radius 1 is 1.06 bits per heavy atom. The van der Waals surface area contributed by atoms with Crippen LogP contribution in [0.3, 0.4) is 0 Å². The summed E-state index contributed by atoms with van der Waals surface area (Å²) in [6, 6.07) is 7.91. The van der Waals surface area contributed by atoms with Gasteiger partial charge in [0.05, 0.1) is 10.7 Å². The van der Waals surface area contributed by atoms with Crippen molar-refractivity contribution in [3.63, 3.8) is 0 Å². The summed E-state index contributed by atoms with van der Waals surface area (Å²) in [7, 11) is 1.75. The molecule has 4 atom stereocenters. The van der Waals surface area contributed by atoms with Gasteiger partial charge < -0.3 is 14.5 Å². The minimum Gasteiger partial charge on any atom is -0.462 e. The van der Waals surface area contributed by atoms with E-state index < -0.39 is 41.3 Å². The number of likely N-dealkylation sites (N-methyl/N-ethyl adjacent to an activating group) is 1. The Bertz CT molecular complexity index is 1920. The Hall–Kier alpha value is -4.30. The van der Waals surface area contributed by atoms with Crippen molar-refractivity contribution in [2.24, 2.45) is 0 Å². The summed E-state index contributed by atoms with van der Waals surface area (Å²) in [5, 5.41) is 0.891. The first kappa shape index (κ1) is 32.6. The predicted molar refractivity (Wildman–Crippen MR) is 170 cm³/mol. The van der Waals surface area contributed by atoms with Crippen molar-refractivity contribution in [2.75, 3.05) is 38.2 Å². The molecular formula is C32H32ClF4N7O3. The van der Waals surface area contributed by atoms with Crippen LogP contribution in [-0.4, -0.2) is 92.8 Å². The van der Waals surface area contributed by atoms with Crippen LogP contribution in [0.15, 0.2) is 53.8 Å². The minimum atomic E-state index is -5.08. The zero-order valence-corrected chi connectivity index (χ0v) is 26.6. The molecule has 6 rings (SSSR count). The zero-order valence-electron chi connectivity index (χ0n) is 25.8. The van der Waals surface area contributed by atoms with E-state index in [1.807, 2.05) is 0 Å². The number of likely N-dealkylation sites (tertiary alicyclic amines) is 1. The van der Waals surface area contributed by atoms with Crippen molar-refractivity contribution in [1.29, 1.82) is 0 Å². The fraction of sp³-hybridized carbons (Fsp3) is 0.406. The molecule has 47 heavy (non-hydrogen) atoms. The number of hydrogen-bond donors (Lipinski definition) is 0. The van der Waals surface area contributed by atoms with Crippen LogP contribution in [0.2, 0.25) is 5.02 Å². The Labute approximate surface area is 272 Å². The van der Waals surface area contributed by atoms with Gasteiger partial charge in [-0.25, -0.2) is 9.37 Å². The van der Waals surface area contributed by atoms with Crippen LogP contribution < -0.4 is 15.2 Å². The van der Waals surface area contributed by atoms with Crippen LogP contribution in [0.5, 0.6) is 6.01 Å². The van der Waals surface area contributed by atoms with Crippen molar-refractivity contribution in [1.82, 2.24) is 29.3 Å². The molecule has 0 aliphatic carbocycles. The first-order valence-corrected chi connectivity index (χ1v) is 15.4. The molecule has 2 aliphatic heterocycles. The molecule has 2 fully saturated rings. The molecule has 1 amide bonds. The lowest BCUT2D eigenvalue weighted by atomic mass is 10.1. The second-order valence-corrected chi connectivity index (χ2v) is 12.4. The Balaban J connectivity index is 1.59. The highest BCUT2D eigenvalue weighted by Crippen LogP contribution is 2.36. The van der Waals surface area contributed by atoms with E-state index in [4.69, 9.17) is 16.3 Å². The molecule has 0 unspecified atom stereocenters. The molecule has 0 bridgehead atoms. The van der Waals surface area contributed by atoms with Gasteiger partial charge in [0.2, 0.25) is 11.7 Å². The van der Waals surface area contributed by atoms with E-state index in [1.54, 1.807) is 53.8 Å². The SMILES string of the molecule is C=CC(=O)N1C[C@H](C)N(c2nc(OC[C@@H]3C[C@@H](F)CN3C)nc3c(=O)n(-c4cccc5cccc(Cl)c45)c(C(F)(F)F)nc23)[C@@H](C)C1. The van der Waals surface area contributed by atoms with E-state index in [0.29, 0.717) is 9.95 Å². The number of rotatable bonds is 6. The van der Waals surface area contributed by atoms with Gasteiger partial charge in [-0.3, -0.25) is 19.1 Å². The van der Waals surface area contributed by atoms with E-state index in [1.165, 1.54) is 24.3 Å². The molecule has 15 heteroatoms. The lowest BCUT2D eigenvalue weighted by Crippen LogP contribution is -2.58. The highest BCUT2D eigenvalue weighted by molar-refractivity contribution is 6.36. The number of carbonyl (C=O) groups excluding carboxylic acids is 1. The minimum absolute atomic E-state index is 0.0181. The molecule has 0 saturated carbocycles. The van der Waals surface area contributed by atoms with Crippen LogP contribution in [0, 0.1) is 0 Å². The molecule has 0 spiro atoms. The highest BCUT2D eigenvalue weighted by atomic mass is 35.5. The normalized spacial score (nSPS) is 22.3. The van der Waals surface area contributed by atoms with E-state index in [9.17, 15) is 27.2 Å². The second kappa shape index (κ2) is 12.4. The largest absolute Gasteiger partial charge is 0.462 e. The number of nitrogens with zero attached hydrogens (tertiary/aromatic N) is 7. The monoisotopic (exact) mass is 673 g/mol. The van der Waals surface area contributed by atoms with Crippen molar-refractivity contribution in [3.05, 3.63) is 70.3 Å². The second-order valence-electron chi connectivity index (χ2n) is 12.0. The van der Waals surface area contributed by atoms with Crippen LogP contribution in [0.1, 0.15) is 26.1 Å². The molecule has 2 saturated heterocycles. The van der Waals surface area contributed by atoms with Gasteiger partial charge >= 0.3 is 12.2 Å². The molecule has 0 radical (unpaired) electrons. The van der Waals surface area contributed by atoms with Crippen molar-refractivity contribution < 1.29 is 27.1 Å². The predicted octanol–water partition coefficient (Wildman–Crippen LogP) is 5.03. The molecule has 10 nitrogen and oxygen atoms in total. The number of ether oxygens (including phenoxy) is 1. The zero-order chi connectivity index (χ0) is 33.8. The summed E-state index contributed by atoms with van der Waals surface area (Å²) in [5.41, 5.74) is -2.01. The topological polar surface area (TPSA) is 96.7 Å². The van der Waals surface area contributed by atoms with Crippen molar-refractivity contribution >= 4 is 45.1 Å². The van der Waals surface area contributed by atoms with Crippen LogP contribution >= 0.6 is 11.6 Å². The summed E-state index contributed by atoms with van der Waals surface area (Å²) in [5.74, 6) is -1.83. The standard InChI is InChI=1S/C32H32ClF4N7O3/c1-5-24(45)42-13-17(2)43(18(3)14-42)28-26-27(39-31(40-28)47-16-21-12-20(34)15-41(21)4)29(46)44(30(38-26)32(35,36)37)23-11-7-9-19-8-6-10-22(33)25(19)23/h5-11,17-18,20-21H,1,12-16H2,2-4H3/t17-,18-,20+,21-/m0/s1. The molecular weight excluding hydrogens is 642 g/mol. The van der Waals surface area contributed by atoms with Gasteiger partial charge in [-0.1, -0.05) is 42.4 Å². The third kappa shape index (κ3) is 6.00. The molecule has 248 valence electrons. The number of carbonyl (C=O) groups is 1. The van der Waals surface area contributed by atoms with E-state index >= 15 is 0 Å². The van der Waals surface area contributed by atoms with Crippen molar-refractivity contribution in [3.8, 4) is 11.7 Å². The van der Waals surface area contributed by atoms with Gasteiger partial charge in [-0.15, -0.1) is 0 Å². The summed E-state index contributed by atoms with van der Waals surface area (Å²) in [4.78, 5) is 44.7. The molecule has 2 aromatic carbocycles. The van der Waals surface area contributed by atoms with Gasteiger partial charge in [-0.2, -0.15) is 23.1 Å². The van der Waals surface area contributed by atoms with Crippen LogP contribution in [0.25, 0.3) is 27.5 Å². The van der Waals surface area contributed by atoms with Crippen LogP contribution in [0.4, 0.5) is 23.4 Å². The third-order valence-electron chi connectivity index (χ3n) is 8.70. The fourth-order valence-corrected chi connectivity index (χ4v) is 6.86. The van der Waals surface area contributed by atoms with Gasteiger partial charge in [-0.05, 0) is 50.9 Å². The molecule has 4 aromatic rings. The number of alkyl halides is 4. The van der Waals surface area contributed by atoms with Gasteiger partial charge in [0.15, 0.2) is 11.3 Å². The van der Waals surface area contributed by atoms with E-state index in [0.717, 1.165) is 0 Å². The molecule has 4 heterocycles. The maximum atomic E-state index is 14.9. The summed E-state index contributed by atoms with van der Waals surface area (Å²) in [6.07, 6.45) is -4.70. The number of halogens is 5. The number of fused-ring (bicyclic) bond motifs is 2. The third-order valence-corrected chi connectivity index (χ3v) is 9.01. The quantitative estimate of drug-likeness (QED) is 0.208. The average molecular weight is 674 g/mol. The smallest absolute Gasteiger partial charge is 0.450 e. The lowest BCUT2D eigenvalue weighted by Gasteiger charge is -2.45. The maximum Gasteiger partial charge on any atom is 0.450 e. The first-order chi connectivity index (χ1) is 22.3. The van der Waals surface area contributed by atoms with Gasteiger partial charge in [0, 0.05) is 43.1 Å². The maximum absolute atomic E-state index is 14.9. The molecule has 2 aromatic heterocycles. The number of benzene rings is 2. The van der Waals surface area contributed by atoms with E-state index in [-0.39, 0.29) is 78.1 Å². The number of aromatic nitrogens is 4. The first-order valence-electron chi connectivity index (χ1n) is 15.0. The van der Waals surface area contributed by atoms with E-state index in [2.05, 4.69) is 21.5 Å². The number of anilines is 1. The molecule has 0 N–H and O–H groups in total. The Kier molecular flexibility index (Phi) is 8.60. The van der Waals surface area contributed by atoms with Crippen LogP contribution in [-0.2, 0) is 11.0 Å². The fourth-order valence-electron chi connectivity index (χ4n) is 6.58. The lowest BCUT2D eigenvalue weighted by molar-refractivity contribution is -0.146. The average Bonchev–Trinajstić information content (AvgIpc) is 3.34. The summed E-state index contributed by atoms with van der Waals surface area (Å²) >= 11 is 6.47. The van der Waals surface area contributed by atoms with Gasteiger partial charge in [0.1, 0.15) is 18.3 Å². The number of hydrogen-bond acceptors (Lipinski definition) is 8. The van der Waals surface area contributed by atoms with Crippen molar-refractivity contribution in [2.45, 2.75) is 50.7 Å². The number of piperazine rings is 1. The Morgan fingerprint density at radius 3 is 2.36 bits per heavy atom. The summed E-state index contributed by atoms with van der Waals surface area (Å²) in [6.45, 7) is 7.74. The Morgan fingerprint density at radius 2 is 1.74 bits per heavy atom. The summed E-state index contributed by atoms with van der Waals surface area (Å²) < 4.78 is 65.1. The molecule has 2 aliphatic rings. The highest BCUT2D eigenvalue weighted by Gasteiger charge is 2.41. The number of amides is 1. The van der Waals surface area contributed by atoms with Gasteiger partial charge in [0.25, 0.3) is 5.56 Å².